The van der Waals surface area contributed by atoms with Crippen molar-refractivity contribution in [2.45, 2.75) is 16.7 Å². The molecule has 0 aliphatic rings. The third-order valence-electron chi connectivity index (χ3n) is 4.94. The van der Waals surface area contributed by atoms with E-state index >= 15 is 0 Å². The Morgan fingerprint density at radius 2 is 1.72 bits per heavy atom. The summed E-state index contributed by atoms with van der Waals surface area (Å²) in [6.07, 6.45) is 0. The fraction of sp³-hybridized carbons (Fsp3) is 0.208. The molecule has 6 nitrogen and oxygen atoms in total. The Hall–Kier alpha value is -2.97. The summed E-state index contributed by atoms with van der Waals surface area (Å²) in [5.74, 6) is 0.858. The molecule has 168 valence electrons. The Kier molecular flexibility index (Phi) is 7.82. The van der Waals surface area contributed by atoms with Crippen LogP contribution in [0, 0.1) is 6.92 Å². The molecule has 0 atom stereocenters. The zero-order valence-corrected chi connectivity index (χ0v) is 19.9. The van der Waals surface area contributed by atoms with Crippen LogP contribution in [0.2, 0.25) is 0 Å². The van der Waals surface area contributed by atoms with Gasteiger partial charge in [0.1, 0.15) is 5.75 Å². The van der Waals surface area contributed by atoms with Gasteiger partial charge >= 0.3 is 0 Å². The Bertz CT molecular complexity index is 1180. The van der Waals surface area contributed by atoms with Gasteiger partial charge in [-0.15, -0.1) is 11.8 Å². The first-order valence-corrected chi connectivity index (χ1v) is 12.5. The van der Waals surface area contributed by atoms with E-state index in [1.165, 1.54) is 26.3 Å². The van der Waals surface area contributed by atoms with Gasteiger partial charge in [-0.25, -0.2) is 8.42 Å². The Labute approximate surface area is 193 Å². The van der Waals surface area contributed by atoms with Crippen LogP contribution in [0.5, 0.6) is 5.75 Å². The van der Waals surface area contributed by atoms with Gasteiger partial charge < -0.3 is 10.1 Å². The number of hydrogen-bond donors (Lipinski definition) is 1. The summed E-state index contributed by atoms with van der Waals surface area (Å²) in [6.45, 7) is 2.25. The number of rotatable bonds is 9. The molecule has 3 rings (SSSR count). The third kappa shape index (κ3) is 5.44. The smallest absolute Gasteiger partial charge is 0.264 e. The van der Waals surface area contributed by atoms with Gasteiger partial charge in [-0.1, -0.05) is 36.4 Å². The highest BCUT2D eigenvalue weighted by molar-refractivity contribution is 7.99. The summed E-state index contributed by atoms with van der Waals surface area (Å²) in [5, 5.41) is 2.88. The van der Waals surface area contributed by atoms with Crippen molar-refractivity contribution < 1.29 is 17.9 Å². The number of methoxy groups -OCH3 is 1. The molecule has 8 heteroatoms. The number of carbonyl (C=O) groups is 1. The number of anilines is 1. The second-order valence-corrected chi connectivity index (χ2v) is 10.2. The zero-order valence-electron chi connectivity index (χ0n) is 18.2. The van der Waals surface area contributed by atoms with Crippen molar-refractivity contribution >= 4 is 33.4 Å². The van der Waals surface area contributed by atoms with Crippen LogP contribution in [0.1, 0.15) is 15.9 Å². The van der Waals surface area contributed by atoms with E-state index in [9.17, 15) is 13.2 Å². The van der Waals surface area contributed by atoms with Crippen molar-refractivity contribution in [3.8, 4) is 5.75 Å². The predicted octanol–water partition coefficient (Wildman–Crippen LogP) is 4.35. The minimum Gasteiger partial charge on any atom is -0.495 e. The summed E-state index contributed by atoms with van der Waals surface area (Å²) < 4.78 is 32.9. The molecule has 0 fully saturated rings. The van der Waals surface area contributed by atoms with E-state index in [0.717, 1.165) is 9.20 Å². The molecule has 0 saturated carbocycles. The highest BCUT2D eigenvalue weighted by atomic mass is 32.2. The molecule has 0 unspecified atom stereocenters. The molecule has 0 aliphatic carbocycles. The summed E-state index contributed by atoms with van der Waals surface area (Å²) in [7, 11) is -0.934. The summed E-state index contributed by atoms with van der Waals surface area (Å²) in [6, 6.07) is 21.4. The SMILES string of the molecule is COc1ccccc1N(C)S(=O)(=O)c1ccc(C)c(C(=O)NCCSc2ccccc2)c1. The van der Waals surface area contributed by atoms with Gasteiger partial charge in [-0.05, 0) is 48.9 Å². The first-order valence-electron chi connectivity index (χ1n) is 10.0. The monoisotopic (exact) mass is 470 g/mol. The van der Waals surface area contributed by atoms with Gasteiger partial charge in [0.05, 0.1) is 17.7 Å². The second kappa shape index (κ2) is 10.6. The number of sulfonamides is 1. The van der Waals surface area contributed by atoms with Crippen LogP contribution in [-0.4, -0.2) is 40.8 Å². The minimum atomic E-state index is -3.89. The molecule has 0 heterocycles. The van der Waals surface area contributed by atoms with Crippen molar-refractivity contribution in [2.24, 2.45) is 0 Å². The Morgan fingerprint density at radius 3 is 2.44 bits per heavy atom. The number of nitrogens with zero attached hydrogens (tertiary/aromatic N) is 1. The molecule has 0 spiro atoms. The van der Waals surface area contributed by atoms with E-state index in [1.807, 2.05) is 30.3 Å². The number of amides is 1. The topological polar surface area (TPSA) is 75.7 Å². The zero-order chi connectivity index (χ0) is 23.1. The van der Waals surface area contributed by atoms with Crippen LogP contribution in [0.4, 0.5) is 5.69 Å². The number of ether oxygens (including phenoxy) is 1. The normalized spacial score (nSPS) is 11.1. The van der Waals surface area contributed by atoms with Crippen molar-refractivity contribution in [3.63, 3.8) is 0 Å². The maximum Gasteiger partial charge on any atom is 0.264 e. The molecule has 0 radical (unpaired) electrons. The van der Waals surface area contributed by atoms with Crippen LogP contribution in [0.25, 0.3) is 0 Å². The Morgan fingerprint density at radius 1 is 1.03 bits per heavy atom. The lowest BCUT2D eigenvalue weighted by Gasteiger charge is -2.22. The molecule has 1 amide bonds. The van der Waals surface area contributed by atoms with E-state index in [0.29, 0.717) is 34.9 Å². The van der Waals surface area contributed by atoms with Gasteiger partial charge in [0.25, 0.3) is 15.9 Å². The molecule has 3 aromatic carbocycles. The standard InChI is InChI=1S/C24H26N2O4S2/c1-18-13-14-20(32(28,29)26(2)22-11-7-8-12-23(22)30-3)17-21(18)24(27)25-15-16-31-19-9-5-4-6-10-19/h4-14,17H,15-16H2,1-3H3,(H,25,27). The van der Waals surface area contributed by atoms with Gasteiger partial charge in [0.15, 0.2) is 0 Å². The van der Waals surface area contributed by atoms with Crippen molar-refractivity contribution in [2.75, 3.05) is 30.8 Å². The predicted molar refractivity (Wildman–Crippen MR) is 129 cm³/mol. The summed E-state index contributed by atoms with van der Waals surface area (Å²) >= 11 is 1.65. The van der Waals surface area contributed by atoms with E-state index < -0.39 is 10.0 Å². The maximum absolute atomic E-state index is 13.2. The molecule has 0 aromatic heterocycles. The first kappa shape index (κ1) is 23.7. The highest BCUT2D eigenvalue weighted by Crippen LogP contribution is 2.31. The van der Waals surface area contributed by atoms with Crippen LogP contribution < -0.4 is 14.4 Å². The van der Waals surface area contributed by atoms with Gasteiger partial charge in [-0.2, -0.15) is 0 Å². The Balaban J connectivity index is 1.74. The number of nitrogens with one attached hydrogen (secondary N) is 1. The fourth-order valence-electron chi connectivity index (χ4n) is 3.13. The second-order valence-electron chi connectivity index (χ2n) is 7.04. The number of thioether (sulfide) groups is 1. The van der Waals surface area contributed by atoms with E-state index in [4.69, 9.17) is 4.74 Å². The molecule has 0 saturated heterocycles. The highest BCUT2D eigenvalue weighted by Gasteiger charge is 2.25. The minimum absolute atomic E-state index is 0.0420. The van der Waals surface area contributed by atoms with Gasteiger partial charge in [0, 0.05) is 29.8 Å². The fourth-order valence-corrected chi connectivity index (χ4v) is 5.15. The van der Waals surface area contributed by atoms with Crippen molar-refractivity contribution in [1.82, 2.24) is 5.32 Å². The van der Waals surface area contributed by atoms with Crippen LogP contribution in [-0.2, 0) is 10.0 Å². The van der Waals surface area contributed by atoms with Crippen LogP contribution in [0.3, 0.4) is 0 Å². The molecule has 3 aromatic rings. The van der Waals surface area contributed by atoms with Crippen LogP contribution in [0.15, 0.2) is 82.6 Å². The summed E-state index contributed by atoms with van der Waals surface area (Å²) in [4.78, 5) is 13.9. The molecular weight excluding hydrogens is 444 g/mol. The van der Waals surface area contributed by atoms with Crippen molar-refractivity contribution in [3.05, 3.63) is 83.9 Å². The average Bonchev–Trinajstić information content (AvgIpc) is 2.82. The number of hydrogen-bond acceptors (Lipinski definition) is 5. The lowest BCUT2D eigenvalue weighted by atomic mass is 10.1. The average molecular weight is 471 g/mol. The van der Waals surface area contributed by atoms with E-state index in [2.05, 4.69) is 5.32 Å². The molecule has 0 bridgehead atoms. The van der Waals surface area contributed by atoms with E-state index in [-0.39, 0.29) is 10.8 Å². The van der Waals surface area contributed by atoms with Crippen LogP contribution >= 0.6 is 11.8 Å². The quantitative estimate of drug-likeness (QED) is 0.372. The molecule has 1 N–H and O–H groups in total. The number of para-hydroxylation sites is 2. The van der Waals surface area contributed by atoms with Gasteiger partial charge in [-0.3, -0.25) is 9.10 Å². The van der Waals surface area contributed by atoms with E-state index in [1.54, 1.807) is 49.0 Å². The summed E-state index contributed by atoms with van der Waals surface area (Å²) in [5.41, 5.74) is 1.46. The first-order chi connectivity index (χ1) is 15.3. The van der Waals surface area contributed by atoms with Crippen molar-refractivity contribution in [1.29, 1.82) is 0 Å². The number of carbonyl (C=O) groups excluding carboxylic acids is 1. The van der Waals surface area contributed by atoms with Gasteiger partial charge in [0.2, 0.25) is 0 Å². The molecule has 0 aliphatic heterocycles. The maximum atomic E-state index is 13.2. The lowest BCUT2D eigenvalue weighted by Crippen LogP contribution is -2.29. The number of aryl methyl sites for hydroxylation is 1. The molecule has 32 heavy (non-hydrogen) atoms. The third-order valence-corrected chi connectivity index (χ3v) is 7.72. The largest absolute Gasteiger partial charge is 0.495 e. The number of benzene rings is 3. The molecular formula is C24H26N2O4S2. The lowest BCUT2D eigenvalue weighted by molar-refractivity contribution is 0.0955.